The van der Waals surface area contributed by atoms with Crippen LogP contribution < -0.4 is 14.4 Å². The van der Waals surface area contributed by atoms with E-state index in [9.17, 15) is 4.79 Å². The molecule has 2 heterocycles. The lowest BCUT2D eigenvalue weighted by Gasteiger charge is -2.36. The summed E-state index contributed by atoms with van der Waals surface area (Å²) in [6.07, 6.45) is 1.66. The highest BCUT2D eigenvalue weighted by atomic mass is 79.9. The molecule has 1 amide bonds. The second-order valence-electron chi connectivity index (χ2n) is 12.1. The normalized spacial score (nSPS) is 17.2. The van der Waals surface area contributed by atoms with Crippen LogP contribution in [-0.4, -0.2) is 72.6 Å². The van der Waals surface area contributed by atoms with Crippen LogP contribution in [0.15, 0.2) is 40.9 Å². The molecule has 2 atom stereocenters. The summed E-state index contributed by atoms with van der Waals surface area (Å²) >= 11 is 3.89. The fraction of sp³-hybridized carbons (Fsp3) is 0.531. The Balaban J connectivity index is 1.54. The summed E-state index contributed by atoms with van der Waals surface area (Å²) in [5, 5.41) is 0.910. The molecule has 0 N–H and O–H groups in total. The van der Waals surface area contributed by atoms with Crippen molar-refractivity contribution < 1.29 is 23.7 Å². The summed E-state index contributed by atoms with van der Waals surface area (Å²) in [5.74, 6) is 1.93. The molecule has 5 rings (SSSR count). The van der Waals surface area contributed by atoms with Gasteiger partial charge in [-0.3, -0.25) is 0 Å². The molecule has 1 aliphatic heterocycles. The van der Waals surface area contributed by atoms with Crippen molar-refractivity contribution >= 4 is 38.7 Å². The topological polar surface area (TPSA) is 86.3 Å². The third kappa shape index (κ3) is 7.09. The smallest absolute Gasteiger partial charge is 0.410 e. The van der Waals surface area contributed by atoms with Gasteiger partial charge in [0.05, 0.1) is 10.6 Å². The van der Waals surface area contributed by atoms with E-state index in [1.54, 1.807) is 12.0 Å². The van der Waals surface area contributed by atoms with Crippen LogP contribution in [0, 0.1) is 0 Å². The first-order chi connectivity index (χ1) is 20.0. The van der Waals surface area contributed by atoms with Gasteiger partial charge in [0.2, 0.25) is 0 Å². The number of ether oxygens (including phenoxy) is 4. The Morgan fingerprint density at radius 1 is 1.07 bits per heavy atom. The third-order valence-corrected chi connectivity index (χ3v) is 8.35. The van der Waals surface area contributed by atoms with Crippen molar-refractivity contribution in [2.45, 2.75) is 71.2 Å². The number of nitrogens with zero attached hydrogens (tertiary/aromatic N) is 4. The van der Waals surface area contributed by atoms with Gasteiger partial charge < -0.3 is 28.7 Å². The maximum atomic E-state index is 12.7. The Bertz CT molecular complexity index is 1400. The van der Waals surface area contributed by atoms with Crippen LogP contribution in [0.4, 0.5) is 10.6 Å². The zero-order chi connectivity index (χ0) is 30.0. The van der Waals surface area contributed by atoms with Crippen molar-refractivity contribution in [1.82, 2.24) is 14.9 Å². The van der Waals surface area contributed by atoms with Gasteiger partial charge in [-0.25, -0.2) is 4.79 Å². The molecule has 0 unspecified atom stereocenters. The predicted molar refractivity (Wildman–Crippen MR) is 167 cm³/mol. The van der Waals surface area contributed by atoms with Gasteiger partial charge in [0.25, 0.3) is 0 Å². The first-order valence-electron chi connectivity index (χ1n) is 14.7. The van der Waals surface area contributed by atoms with Crippen molar-refractivity contribution in [3.8, 4) is 11.8 Å². The van der Waals surface area contributed by atoms with E-state index in [2.05, 4.69) is 39.0 Å². The highest BCUT2D eigenvalue weighted by molar-refractivity contribution is 9.10. The summed E-state index contributed by atoms with van der Waals surface area (Å²) in [7, 11) is 1.65. The molecule has 1 saturated carbocycles. The molecule has 3 aromatic rings. The summed E-state index contributed by atoms with van der Waals surface area (Å²) in [6, 6.07) is 12.6. The van der Waals surface area contributed by atoms with E-state index < -0.39 is 5.60 Å². The van der Waals surface area contributed by atoms with E-state index in [0.717, 1.165) is 34.1 Å². The zero-order valence-corrected chi connectivity index (χ0v) is 26.9. The van der Waals surface area contributed by atoms with E-state index in [4.69, 9.17) is 28.9 Å². The number of carbonyl (C=O) groups excluding carboxylic acids is 1. The molecule has 1 aromatic heterocycles. The molecule has 2 fully saturated rings. The van der Waals surface area contributed by atoms with Gasteiger partial charge >= 0.3 is 12.1 Å². The monoisotopic (exact) mass is 640 g/mol. The lowest BCUT2D eigenvalue weighted by molar-refractivity contribution is 0.0240. The number of hydrogen-bond donors (Lipinski definition) is 0. The van der Waals surface area contributed by atoms with Gasteiger partial charge in [-0.2, -0.15) is 9.97 Å². The van der Waals surface area contributed by atoms with Gasteiger partial charge in [-0.15, -0.1) is 0 Å². The minimum atomic E-state index is -0.539. The predicted octanol–water partition coefficient (Wildman–Crippen LogP) is 6.88. The van der Waals surface area contributed by atoms with Crippen LogP contribution in [-0.2, 0) is 9.47 Å². The number of aromatic nitrogens is 2. The minimum Gasteiger partial charge on any atom is -0.483 e. The minimum absolute atomic E-state index is 0.122. The number of hydrogen-bond acceptors (Lipinski definition) is 8. The lowest BCUT2D eigenvalue weighted by Crippen LogP contribution is -2.50. The van der Waals surface area contributed by atoms with Crippen molar-refractivity contribution in [3.05, 3.63) is 52.0 Å². The first kappa shape index (κ1) is 30.4. The van der Waals surface area contributed by atoms with Gasteiger partial charge in [-0.05, 0) is 86.5 Å². The van der Waals surface area contributed by atoms with Crippen molar-refractivity contribution in [2.24, 2.45) is 0 Å². The number of carbonyl (C=O) groups is 1. The van der Waals surface area contributed by atoms with Crippen LogP contribution in [0.5, 0.6) is 11.8 Å². The fourth-order valence-electron chi connectivity index (χ4n) is 4.96. The lowest BCUT2D eigenvalue weighted by atomic mass is 10.1. The Morgan fingerprint density at radius 3 is 2.38 bits per heavy atom. The molecule has 0 spiro atoms. The number of piperazine rings is 1. The van der Waals surface area contributed by atoms with Crippen molar-refractivity contribution in [2.75, 3.05) is 44.8 Å². The molecule has 42 heavy (non-hydrogen) atoms. The summed E-state index contributed by atoms with van der Waals surface area (Å²) < 4.78 is 24.7. The molecule has 0 bridgehead atoms. The summed E-state index contributed by atoms with van der Waals surface area (Å²) in [6.45, 7) is 12.2. The standard InChI is InChI=1S/C32H41BrN4O5/c1-20(39-6)19-40-30-34-27-25(29(35-30)36-14-16-37(17-15-36)31(38)42-32(3,4)5)18-24(23-12-13-23)26(33)28(27)41-21(2)22-10-8-7-9-11-22/h7-11,18,20-21,23H,12-17,19H2,1-6H3/t20-,21-/m0/s1. The third-order valence-electron chi connectivity index (χ3n) is 7.53. The molecular formula is C32H41BrN4O5. The van der Waals surface area contributed by atoms with Crippen LogP contribution in [0.2, 0.25) is 0 Å². The maximum absolute atomic E-state index is 12.7. The zero-order valence-electron chi connectivity index (χ0n) is 25.4. The molecule has 1 saturated heterocycles. The number of methoxy groups -OCH3 is 1. The highest BCUT2D eigenvalue weighted by Crippen LogP contribution is 2.50. The second kappa shape index (κ2) is 12.6. The van der Waals surface area contributed by atoms with Gasteiger partial charge in [0.15, 0.2) is 5.75 Å². The number of benzene rings is 2. The van der Waals surface area contributed by atoms with E-state index in [0.29, 0.717) is 50.0 Å². The Labute approximate surface area is 256 Å². The second-order valence-corrected chi connectivity index (χ2v) is 12.9. The summed E-state index contributed by atoms with van der Waals surface area (Å²) in [4.78, 5) is 26.5. The largest absolute Gasteiger partial charge is 0.483 e. The van der Waals surface area contributed by atoms with Crippen LogP contribution >= 0.6 is 15.9 Å². The molecular weight excluding hydrogens is 600 g/mol. The quantitative estimate of drug-likeness (QED) is 0.250. The molecule has 9 nitrogen and oxygen atoms in total. The number of anilines is 1. The molecule has 2 aliphatic rings. The molecule has 1 aliphatic carbocycles. The average Bonchev–Trinajstić information content (AvgIpc) is 3.82. The van der Waals surface area contributed by atoms with Crippen LogP contribution in [0.25, 0.3) is 10.9 Å². The van der Waals surface area contributed by atoms with Gasteiger partial charge in [-0.1, -0.05) is 30.3 Å². The molecule has 2 aromatic carbocycles. The highest BCUT2D eigenvalue weighted by Gasteiger charge is 2.32. The van der Waals surface area contributed by atoms with E-state index in [1.165, 1.54) is 5.56 Å². The summed E-state index contributed by atoms with van der Waals surface area (Å²) in [5.41, 5.74) is 2.43. The molecule has 226 valence electrons. The SMILES string of the molecule is CO[C@@H](C)COc1nc(N2CCN(C(=O)OC(C)(C)C)CC2)c2cc(C3CC3)c(Br)c(O[C@@H](C)c3ccccc3)c2n1. The van der Waals surface area contributed by atoms with Gasteiger partial charge in [0.1, 0.15) is 29.6 Å². The van der Waals surface area contributed by atoms with Crippen molar-refractivity contribution in [3.63, 3.8) is 0 Å². The van der Waals surface area contributed by atoms with E-state index >= 15 is 0 Å². The van der Waals surface area contributed by atoms with E-state index in [1.807, 2.05) is 52.8 Å². The molecule has 10 heteroatoms. The Kier molecular flexibility index (Phi) is 9.13. The fourth-order valence-corrected chi connectivity index (χ4v) is 5.68. The Morgan fingerprint density at radius 2 is 1.76 bits per heavy atom. The number of halogens is 1. The van der Waals surface area contributed by atoms with Gasteiger partial charge in [0, 0.05) is 38.7 Å². The van der Waals surface area contributed by atoms with Crippen LogP contribution in [0.3, 0.4) is 0 Å². The number of rotatable bonds is 9. The average molecular weight is 642 g/mol. The number of fused-ring (bicyclic) bond motifs is 1. The van der Waals surface area contributed by atoms with E-state index in [-0.39, 0.29) is 24.3 Å². The van der Waals surface area contributed by atoms with Crippen molar-refractivity contribution in [1.29, 1.82) is 0 Å². The van der Waals surface area contributed by atoms with Crippen LogP contribution in [0.1, 0.15) is 70.6 Å². The maximum Gasteiger partial charge on any atom is 0.410 e. The number of amides is 1. The molecule has 0 radical (unpaired) electrons. The Hall–Kier alpha value is -3.11. The first-order valence-corrected chi connectivity index (χ1v) is 15.5.